The van der Waals surface area contributed by atoms with Crippen molar-refractivity contribution in [1.29, 1.82) is 0 Å². The van der Waals surface area contributed by atoms with Crippen LogP contribution in [0.5, 0.6) is 11.5 Å². The van der Waals surface area contributed by atoms with Crippen LogP contribution in [0.2, 0.25) is 0 Å². The fraction of sp³-hybridized carbons (Fsp3) is 0.174. The number of fused-ring (bicyclic) bond motifs is 6. The molecule has 0 bridgehead atoms. The van der Waals surface area contributed by atoms with Gasteiger partial charge in [-0.05, 0) is 24.3 Å². The zero-order chi connectivity index (χ0) is 18.4. The summed E-state index contributed by atoms with van der Waals surface area (Å²) in [6.07, 6.45) is 0. The number of hydrogen-bond acceptors (Lipinski definition) is 3. The van der Waals surface area contributed by atoms with Gasteiger partial charge in [-0.2, -0.15) is 0 Å². The Bertz CT molecular complexity index is 1180. The maximum absolute atomic E-state index is 5.52. The van der Waals surface area contributed by atoms with Crippen LogP contribution in [-0.4, -0.2) is 20.8 Å². The molecule has 0 atom stereocenters. The Labute approximate surface area is 174 Å². The molecule has 1 aliphatic rings. The van der Waals surface area contributed by atoms with Crippen LogP contribution in [0, 0.1) is 0 Å². The number of rotatable bonds is 3. The Morgan fingerprint density at radius 3 is 2.21 bits per heavy atom. The predicted octanol–water partition coefficient (Wildman–Crippen LogP) is 1.45. The highest BCUT2D eigenvalue weighted by Crippen LogP contribution is 2.39. The SMILES string of the molecule is COc1ccc(N2CC[n+]3c2c2ccccc2c2ccccc23)cc1OC.[Br-]. The normalized spacial score (nSPS) is 12.7. The van der Waals surface area contributed by atoms with E-state index in [0.29, 0.717) is 0 Å². The molecule has 0 spiro atoms. The lowest BCUT2D eigenvalue weighted by molar-refractivity contribution is -0.643. The van der Waals surface area contributed by atoms with Gasteiger partial charge in [0.15, 0.2) is 11.5 Å². The molecule has 1 aliphatic heterocycles. The van der Waals surface area contributed by atoms with Crippen LogP contribution in [0.1, 0.15) is 0 Å². The summed E-state index contributed by atoms with van der Waals surface area (Å²) in [5.74, 6) is 2.73. The van der Waals surface area contributed by atoms with Crippen molar-refractivity contribution >= 4 is 33.2 Å². The van der Waals surface area contributed by atoms with E-state index in [2.05, 4.69) is 70.1 Å². The van der Waals surface area contributed by atoms with Crippen molar-refractivity contribution < 1.29 is 31.0 Å². The number of aromatic nitrogens is 1. The number of halogens is 1. The molecule has 28 heavy (non-hydrogen) atoms. The minimum atomic E-state index is 0. The smallest absolute Gasteiger partial charge is 0.290 e. The summed E-state index contributed by atoms with van der Waals surface area (Å²) in [5, 5.41) is 3.85. The number of ether oxygens (including phenoxy) is 2. The average molecular weight is 437 g/mol. The van der Waals surface area contributed by atoms with E-state index < -0.39 is 0 Å². The fourth-order valence-corrected chi connectivity index (χ4v) is 4.18. The van der Waals surface area contributed by atoms with E-state index in [1.54, 1.807) is 14.2 Å². The summed E-state index contributed by atoms with van der Waals surface area (Å²) >= 11 is 0. The summed E-state index contributed by atoms with van der Waals surface area (Å²) < 4.78 is 13.4. The highest BCUT2D eigenvalue weighted by Gasteiger charge is 2.34. The van der Waals surface area contributed by atoms with Gasteiger partial charge in [0.1, 0.15) is 24.3 Å². The lowest BCUT2D eigenvalue weighted by Gasteiger charge is -2.15. The second-order valence-electron chi connectivity index (χ2n) is 6.73. The highest BCUT2D eigenvalue weighted by atomic mass is 79.9. The largest absolute Gasteiger partial charge is 1.00 e. The molecule has 142 valence electrons. The molecule has 0 saturated carbocycles. The Morgan fingerprint density at radius 1 is 0.786 bits per heavy atom. The van der Waals surface area contributed by atoms with E-state index in [4.69, 9.17) is 9.47 Å². The van der Waals surface area contributed by atoms with Gasteiger partial charge in [-0.25, -0.2) is 9.47 Å². The minimum absolute atomic E-state index is 0. The van der Waals surface area contributed by atoms with Crippen molar-refractivity contribution in [3.8, 4) is 11.5 Å². The minimum Gasteiger partial charge on any atom is -1.00 e. The van der Waals surface area contributed by atoms with Gasteiger partial charge in [-0.1, -0.05) is 36.4 Å². The molecule has 5 rings (SSSR count). The van der Waals surface area contributed by atoms with E-state index >= 15 is 0 Å². The summed E-state index contributed by atoms with van der Waals surface area (Å²) in [6.45, 7) is 1.88. The van der Waals surface area contributed by atoms with Crippen molar-refractivity contribution in [1.82, 2.24) is 0 Å². The van der Waals surface area contributed by atoms with Gasteiger partial charge in [0.25, 0.3) is 5.82 Å². The molecule has 3 aromatic carbocycles. The van der Waals surface area contributed by atoms with Crippen molar-refractivity contribution in [2.45, 2.75) is 6.54 Å². The first kappa shape index (κ1) is 18.6. The third-order valence-electron chi connectivity index (χ3n) is 5.39. The zero-order valence-electron chi connectivity index (χ0n) is 15.9. The third-order valence-corrected chi connectivity index (χ3v) is 5.39. The fourth-order valence-electron chi connectivity index (χ4n) is 4.18. The monoisotopic (exact) mass is 436 g/mol. The number of benzene rings is 3. The van der Waals surface area contributed by atoms with Crippen LogP contribution < -0.4 is 35.9 Å². The highest BCUT2D eigenvalue weighted by molar-refractivity contribution is 6.08. The molecule has 0 amide bonds. The van der Waals surface area contributed by atoms with Crippen molar-refractivity contribution in [3.05, 3.63) is 66.7 Å². The second-order valence-corrected chi connectivity index (χ2v) is 6.73. The van der Waals surface area contributed by atoms with Crippen LogP contribution in [-0.2, 0) is 6.54 Å². The molecule has 1 aromatic heterocycles. The Morgan fingerprint density at radius 2 is 1.46 bits per heavy atom. The van der Waals surface area contributed by atoms with E-state index in [1.807, 2.05) is 6.07 Å². The van der Waals surface area contributed by atoms with E-state index in [-0.39, 0.29) is 17.0 Å². The number of anilines is 2. The molecule has 0 saturated heterocycles. The maximum Gasteiger partial charge on any atom is 0.290 e. The molecule has 0 radical (unpaired) electrons. The van der Waals surface area contributed by atoms with Gasteiger partial charge in [0.05, 0.1) is 19.6 Å². The Balaban J connectivity index is 0.00000192. The molecule has 4 aromatic rings. The molecule has 0 aliphatic carbocycles. The van der Waals surface area contributed by atoms with Crippen molar-refractivity contribution in [2.75, 3.05) is 25.7 Å². The van der Waals surface area contributed by atoms with Crippen molar-refractivity contribution in [3.63, 3.8) is 0 Å². The molecular formula is C23H21BrN2O2. The molecule has 0 fully saturated rings. The van der Waals surface area contributed by atoms with E-state index in [1.165, 1.54) is 27.5 Å². The summed E-state index contributed by atoms with van der Waals surface area (Å²) in [7, 11) is 3.34. The summed E-state index contributed by atoms with van der Waals surface area (Å²) in [5.41, 5.74) is 2.38. The van der Waals surface area contributed by atoms with Crippen LogP contribution in [0.3, 0.4) is 0 Å². The van der Waals surface area contributed by atoms with Gasteiger partial charge in [0, 0.05) is 16.8 Å². The standard InChI is InChI=1S/C23H21N2O2.BrH/c1-26-21-12-11-16(15-22(21)27-2)24-13-14-25-20-10-6-5-8-18(20)17-7-3-4-9-19(17)23(24)25;/h3-12,15H,13-14H2,1-2H3;1H/q+1;/p-1. The first-order valence-corrected chi connectivity index (χ1v) is 9.14. The zero-order valence-corrected chi connectivity index (χ0v) is 17.4. The Hall–Kier alpha value is -2.79. The second kappa shape index (κ2) is 7.32. The Kier molecular flexibility index (Phi) is 4.85. The maximum atomic E-state index is 5.52. The quantitative estimate of drug-likeness (QED) is 0.359. The lowest BCUT2D eigenvalue weighted by atomic mass is 10.1. The molecule has 2 heterocycles. The van der Waals surface area contributed by atoms with Crippen molar-refractivity contribution in [2.24, 2.45) is 0 Å². The summed E-state index contributed by atoms with van der Waals surface area (Å²) in [6, 6.07) is 23.4. The predicted molar refractivity (Wildman–Crippen MR) is 108 cm³/mol. The molecular weight excluding hydrogens is 416 g/mol. The molecule has 0 N–H and O–H groups in total. The summed E-state index contributed by atoms with van der Waals surface area (Å²) in [4.78, 5) is 2.37. The molecule has 0 unspecified atom stereocenters. The molecule has 5 heteroatoms. The van der Waals surface area contributed by atoms with Gasteiger partial charge >= 0.3 is 0 Å². The van der Waals surface area contributed by atoms with Crippen LogP contribution in [0.4, 0.5) is 11.5 Å². The first-order chi connectivity index (χ1) is 13.3. The number of methoxy groups -OCH3 is 2. The van der Waals surface area contributed by atoms with Gasteiger partial charge in [0.2, 0.25) is 0 Å². The average Bonchev–Trinajstić information content (AvgIpc) is 3.19. The number of pyridine rings is 1. The van der Waals surface area contributed by atoms with E-state index in [0.717, 1.165) is 30.3 Å². The number of para-hydroxylation sites is 1. The lowest BCUT2D eigenvalue weighted by Crippen LogP contribution is -3.00. The van der Waals surface area contributed by atoms with Gasteiger partial charge < -0.3 is 26.5 Å². The number of nitrogens with zero attached hydrogens (tertiary/aromatic N) is 2. The molecule has 4 nitrogen and oxygen atoms in total. The number of hydrogen-bond donors (Lipinski definition) is 0. The van der Waals surface area contributed by atoms with Crippen LogP contribution >= 0.6 is 0 Å². The first-order valence-electron chi connectivity index (χ1n) is 9.14. The topological polar surface area (TPSA) is 25.6 Å². The third kappa shape index (κ3) is 2.69. The van der Waals surface area contributed by atoms with Crippen LogP contribution in [0.25, 0.3) is 21.7 Å². The van der Waals surface area contributed by atoms with E-state index in [9.17, 15) is 0 Å². The van der Waals surface area contributed by atoms with Gasteiger partial charge in [-0.3, -0.25) is 0 Å². The van der Waals surface area contributed by atoms with Gasteiger partial charge in [-0.15, -0.1) is 0 Å². The van der Waals surface area contributed by atoms with Crippen LogP contribution in [0.15, 0.2) is 66.7 Å².